The van der Waals surface area contributed by atoms with Crippen molar-refractivity contribution in [3.05, 3.63) is 34.9 Å². The number of hydrogen-bond acceptors (Lipinski definition) is 4. The number of ether oxygens (including phenoxy) is 2. The van der Waals surface area contributed by atoms with Crippen LogP contribution >= 0.6 is 0 Å². The van der Waals surface area contributed by atoms with Crippen molar-refractivity contribution in [2.75, 3.05) is 7.11 Å². The Morgan fingerprint density at radius 2 is 2.10 bits per heavy atom. The van der Waals surface area contributed by atoms with Crippen LogP contribution in [0, 0.1) is 11.3 Å². The molecule has 0 bridgehead atoms. The van der Waals surface area contributed by atoms with E-state index in [4.69, 9.17) is 9.47 Å². The lowest BCUT2D eigenvalue weighted by atomic mass is 9.60. The standard InChI is InChI=1S/C16H18O4/c1-9-5-6-13(17)12-8-16(19-4)11(7-15(9,12)3)10(2)14(18)20-16/h5-6,8-9H,7H2,1-4H3/t9-,15+,16-/m0/s1. The Balaban J connectivity index is 2.24. The summed E-state index contributed by atoms with van der Waals surface area (Å²) in [6, 6.07) is 0. The summed E-state index contributed by atoms with van der Waals surface area (Å²) < 4.78 is 10.9. The van der Waals surface area contributed by atoms with Gasteiger partial charge in [0.2, 0.25) is 0 Å². The molecule has 2 aliphatic carbocycles. The van der Waals surface area contributed by atoms with E-state index in [9.17, 15) is 9.59 Å². The predicted molar refractivity (Wildman–Crippen MR) is 72.7 cm³/mol. The lowest BCUT2D eigenvalue weighted by Gasteiger charge is -2.45. The molecule has 3 rings (SSSR count). The lowest BCUT2D eigenvalue weighted by Crippen LogP contribution is -2.45. The molecule has 4 heteroatoms. The van der Waals surface area contributed by atoms with Gasteiger partial charge in [0.15, 0.2) is 5.78 Å². The van der Waals surface area contributed by atoms with Gasteiger partial charge in [-0.05, 0) is 31.4 Å². The first-order valence-corrected chi connectivity index (χ1v) is 6.78. The van der Waals surface area contributed by atoms with E-state index in [1.54, 1.807) is 19.1 Å². The molecule has 0 amide bonds. The van der Waals surface area contributed by atoms with E-state index in [-0.39, 0.29) is 23.1 Å². The SMILES string of the molecule is CO[C@]12C=C3C(=O)C=C[C@H](C)[C@@]3(C)CC1=C(C)C(=O)O2. The van der Waals surface area contributed by atoms with Crippen molar-refractivity contribution in [3.63, 3.8) is 0 Å². The number of allylic oxidation sites excluding steroid dienone is 3. The van der Waals surface area contributed by atoms with Crippen LogP contribution < -0.4 is 0 Å². The topological polar surface area (TPSA) is 52.6 Å². The number of hydrogen-bond donors (Lipinski definition) is 0. The molecule has 106 valence electrons. The molecule has 4 nitrogen and oxygen atoms in total. The Morgan fingerprint density at radius 3 is 2.75 bits per heavy atom. The number of carbonyl (C=O) groups is 2. The molecule has 3 aliphatic rings. The van der Waals surface area contributed by atoms with Crippen LogP contribution in [0.3, 0.4) is 0 Å². The molecule has 0 fully saturated rings. The highest BCUT2D eigenvalue weighted by Gasteiger charge is 2.55. The minimum Gasteiger partial charge on any atom is -0.422 e. The van der Waals surface area contributed by atoms with Crippen molar-refractivity contribution >= 4 is 11.8 Å². The zero-order chi connectivity index (χ0) is 14.7. The van der Waals surface area contributed by atoms with Gasteiger partial charge in [-0.2, -0.15) is 0 Å². The van der Waals surface area contributed by atoms with E-state index in [1.807, 2.05) is 6.08 Å². The Labute approximate surface area is 118 Å². The van der Waals surface area contributed by atoms with Gasteiger partial charge >= 0.3 is 5.97 Å². The lowest BCUT2D eigenvalue weighted by molar-refractivity contribution is -0.178. The van der Waals surface area contributed by atoms with Gasteiger partial charge in [0, 0.05) is 29.2 Å². The van der Waals surface area contributed by atoms with Crippen LogP contribution in [0.2, 0.25) is 0 Å². The van der Waals surface area contributed by atoms with E-state index in [0.717, 1.165) is 5.57 Å². The van der Waals surface area contributed by atoms with Gasteiger partial charge in [-0.15, -0.1) is 0 Å². The molecular formula is C16H18O4. The van der Waals surface area contributed by atoms with Crippen molar-refractivity contribution in [2.45, 2.75) is 33.0 Å². The van der Waals surface area contributed by atoms with Crippen molar-refractivity contribution < 1.29 is 19.1 Å². The number of esters is 1. The first-order chi connectivity index (χ1) is 9.34. The zero-order valence-corrected chi connectivity index (χ0v) is 12.1. The van der Waals surface area contributed by atoms with Crippen LogP contribution in [-0.4, -0.2) is 24.6 Å². The Morgan fingerprint density at radius 1 is 1.40 bits per heavy atom. The third kappa shape index (κ3) is 1.45. The number of fused-ring (bicyclic) bond motifs is 2. The largest absolute Gasteiger partial charge is 0.422 e. The molecule has 0 aromatic heterocycles. The number of rotatable bonds is 1. The quantitative estimate of drug-likeness (QED) is 0.689. The monoisotopic (exact) mass is 274 g/mol. The summed E-state index contributed by atoms with van der Waals surface area (Å²) in [6.07, 6.45) is 5.83. The summed E-state index contributed by atoms with van der Waals surface area (Å²) in [5, 5.41) is 0. The van der Waals surface area contributed by atoms with Crippen molar-refractivity contribution in [2.24, 2.45) is 11.3 Å². The second-order valence-corrected chi connectivity index (χ2v) is 6.03. The summed E-state index contributed by atoms with van der Waals surface area (Å²) in [4.78, 5) is 24.1. The smallest absolute Gasteiger partial charge is 0.336 e. The van der Waals surface area contributed by atoms with Crippen LogP contribution in [0.25, 0.3) is 0 Å². The van der Waals surface area contributed by atoms with Crippen molar-refractivity contribution in [1.29, 1.82) is 0 Å². The van der Waals surface area contributed by atoms with Crippen molar-refractivity contribution in [3.8, 4) is 0 Å². The molecule has 0 aromatic carbocycles. The fourth-order valence-corrected chi connectivity index (χ4v) is 3.37. The van der Waals surface area contributed by atoms with Gasteiger partial charge in [-0.1, -0.05) is 19.9 Å². The minimum absolute atomic E-state index is 0.0262. The Hall–Kier alpha value is -1.68. The molecule has 0 saturated heterocycles. The second kappa shape index (κ2) is 3.92. The Bertz CT molecular complexity index is 610. The summed E-state index contributed by atoms with van der Waals surface area (Å²) in [6.45, 7) is 5.91. The van der Waals surface area contributed by atoms with E-state index in [1.165, 1.54) is 7.11 Å². The third-order valence-electron chi connectivity index (χ3n) is 5.03. The third-order valence-corrected chi connectivity index (χ3v) is 5.03. The second-order valence-electron chi connectivity index (χ2n) is 6.03. The molecule has 1 heterocycles. The van der Waals surface area contributed by atoms with Gasteiger partial charge in [0.05, 0.1) is 0 Å². The first kappa shape index (κ1) is 13.3. The molecule has 0 unspecified atom stereocenters. The van der Waals surface area contributed by atoms with Crippen LogP contribution in [0.1, 0.15) is 27.2 Å². The fraction of sp³-hybridized carbons (Fsp3) is 0.500. The molecular weight excluding hydrogens is 256 g/mol. The van der Waals surface area contributed by atoms with E-state index < -0.39 is 5.79 Å². The Kier molecular flexibility index (Phi) is 2.61. The molecule has 20 heavy (non-hydrogen) atoms. The van der Waals surface area contributed by atoms with E-state index in [0.29, 0.717) is 17.6 Å². The van der Waals surface area contributed by atoms with Crippen molar-refractivity contribution in [1.82, 2.24) is 0 Å². The average molecular weight is 274 g/mol. The summed E-state index contributed by atoms with van der Waals surface area (Å²) >= 11 is 0. The minimum atomic E-state index is -1.18. The summed E-state index contributed by atoms with van der Waals surface area (Å²) in [7, 11) is 1.50. The first-order valence-electron chi connectivity index (χ1n) is 6.78. The normalized spacial score (nSPS) is 39.4. The molecule has 0 spiro atoms. The molecule has 0 aromatic rings. The number of ketones is 1. The number of carbonyl (C=O) groups excluding carboxylic acids is 2. The van der Waals surface area contributed by atoms with Crippen LogP contribution in [0.5, 0.6) is 0 Å². The van der Waals surface area contributed by atoms with E-state index in [2.05, 4.69) is 13.8 Å². The molecule has 0 saturated carbocycles. The van der Waals surface area contributed by atoms with Crippen LogP contribution in [-0.2, 0) is 19.1 Å². The predicted octanol–water partition coefficient (Wildman–Crippen LogP) is 2.31. The number of methoxy groups -OCH3 is 1. The fourth-order valence-electron chi connectivity index (χ4n) is 3.37. The highest BCUT2D eigenvalue weighted by molar-refractivity contribution is 6.07. The maximum absolute atomic E-state index is 12.2. The summed E-state index contributed by atoms with van der Waals surface area (Å²) in [5.41, 5.74) is 1.81. The van der Waals surface area contributed by atoms with Crippen LogP contribution in [0.4, 0.5) is 0 Å². The maximum atomic E-state index is 12.2. The highest BCUT2D eigenvalue weighted by Crippen LogP contribution is 2.54. The molecule has 1 aliphatic heterocycles. The van der Waals surface area contributed by atoms with Gasteiger partial charge in [0.25, 0.3) is 5.79 Å². The van der Waals surface area contributed by atoms with Gasteiger partial charge in [0.1, 0.15) is 0 Å². The van der Waals surface area contributed by atoms with Gasteiger partial charge in [-0.3, -0.25) is 4.79 Å². The van der Waals surface area contributed by atoms with E-state index >= 15 is 0 Å². The van der Waals surface area contributed by atoms with Gasteiger partial charge < -0.3 is 9.47 Å². The molecule has 0 N–H and O–H groups in total. The van der Waals surface area contributed by atoms with Gasteiger partial charge in [-0.25, -0.2) is 4.79 Å². The maximum Gasteiger partial charge on any atom is 0.336 e. The zero-order valence-electron chi connectivity index (χ0n) is 12.1. The molecule has 0 radical (unpaired) electrons. The molecule has 3 atom stereocenters. The average Bonchev–Trinajstić information content (AvgIpc) is 2.66. The highest BCUT2D eigenvalue weighted by atomic mass is 16.7. The summed E-state index contributed by atoms with van der Waals surface area (Å²) in [5.74, 6) is -1.36. The van der Waals surface area contributed by atoms with Crippen LogP contribution in [0.15, 0.2) is 34.9 Å².